The van der Waals surface area contributed by atoms with Crippen LogP contribution in [0.15, 0.2) is 18.2 Å². The number of benzene rings is 1. The van der Waals surface area contributed by atoms with E-state index >= 15 is 0 Å². The number of anilines is 1. The molecular formula is C17H25N3O2. The highest BCUT2D eigenvalue weighted by Gasteiger charge is 2.42. The Morgan fingerprint density at radius 1 is 1.32 bits per heavy atom. The van der Waals surface area contributed by atoms with Gasteiger partial charge in [0.2, 0.25) is 11.8 Å². The van der Waals surface area contributed by atoms with Gasteiger partial charge in [-0.3, -0.25) is 9.59 Å². The van der Waals surface area contributed by atoms with E-state index in [1.165, 1.54) is 0 Å². The van der Waals surface area contributed by atoms with Crippen LogP contribution in [0, 0.1) is 0 Å². The van der Waals surface area contributed by atoms with Gasteiger partial charge in [-0.1, -0.05) is 12.1 Å². The maximum absolute atomic E-state index is 12.3. The molecule has 1 aliphatic rings. The Balaban J connectivity index is 2.08. The third-order valence-electron chi connectivity index (χ3n) is 4.18. The van der Waals surface area contributed by atoms with Gasteiger partial charge in [-0.2, -0.15) is 0 Å². The first-order valence-corrected chi connectivity index (χ1v) is 7.56. The van der Waals surface area contributed by atoms with E-state index in [0.29, 0.717) is 13.0 Å². The van der Waals surface area contributed by atoms with E-state index in [1.807, 2.05) is 51.0 Å². The summed E-state index contributed by atoms with van der Waals surface area (Å²) in [6.07, 6.45) is 0.342. The average Bonchev–Trinajstić information content (AvgIpc) is 2.60. The quantitative estimate of drug-likeness (QED) is 0.888. The molecule has 1 aromatic carbocycles. The number of hydrogen-bond donors (Lipinski definition) is 1. The fourth-order valence-corrected chi connectivity index (χ4v) is 2.80. The monoisotopic (exact) mass is 303 g/mol. The Morgan fingerprint density at radius 2 is 2.00 bits per heavy atom. The molecule has 0 aromatic heterocycles. The van der Waals surface area contributed by atoms with Gasteiger partial charge in [0.1, 0.15) is 0 Å². The minimum Gasteiger partial charge on any atom is -0.355 e. The fourth-order valence-electron chi connectivity index (χ4n) is 2.80. The van der Waals surface area contributed by atoms with Crippen LogP contribution in [-0.2, 0) is 21.4 Å². The number of carbonyl (C=O) groups excluding carboxylic acids is 2. The molecule has 1 aliphatic heterocycles. The van der Waals surface area contributed by atoms with Gasteiger partial charge in [0, 0.05) is 25.8 Å². The van der Waals surface area contributed by atoms with Crippen LogP contribution in [0.2, 0.25) is 0 Å². The second kappa shape index (κ2) is 6.08. The molecule has 1 aromatic rings. The molecule has 0 radical (unpaired) electrons. The van der Waals surface area contributed by atoms with E-state index < -0.39 is 5.41 Å². The Hall–Kier alpha value is -1.88. The molecule has 0 spiro atoms. The second-order valence-electron chi connectivity index (χ2n) is 6.67. The third-order valence-corrected chi connectivity index (χ3v) is 4.18. The first-order chi connectivity index (χ1) is 10.2. The van der Waals surface area contributed by atoms with E-state index in [2.05, 4.69) is 5.32 Å². The summed E-state index contributed by atoms with van der Waals surface area (Å²) in [7, 11) is 5.74. The summed E-state index contributed by atoms with van der Waals surface area (Å²) in [4.78, 5) is 28.0. The van der Waals surface area contributed by atoms with Crippen molar-refractivity contribution >= 4 is 17.5 Å². The van der Waals surface area contributed by atoms with E-state index in [1.54, 1.807) is 11.9 Å². The summed E-state index contributed by atoms with van der Waals surface area (Å²) in [6, 6.07) is 5.85. The lowest BCUT2D eigenvalue weighted by molar-refractivity contribution is -0.122. The zero-order chi connectivity index (χ0) is 16.5. The number of rotatable bonds is 5. The van der Waals surface area contributed by atoms with Crippen molar-refractivity contribution in [1.29, 1.82) is 0 Å². The summed E-state index contributed by atoms with van der Waals surface area (Å²) in [5.74, 6) is 0.104. The SMILES string of the molecule is CN(C)CCNC(=O)Cc1ccc2c(c1)C(C)(C)C(=O)N2C. The second-order valence-corrected chi connectivity index (χ2v) is 6.67. The highest BCUT2D eigenvalue weighted by Crippen LogP contribution is 2.41. The predicted octanol–water partition coefficient (Wildman–Crippen LogP) is 1.16. The van der Waals surface area contributed by atoms with Crippen LogP contribution in [-0.4, -0.2) is 50.9 Å². The molecule has 1 heterocycles. The van der Waals surface area contributed by atoms with E-state index in [-0.39, 0.29) is 11.8 Å². The Bertz CT molecular complexity index is 594. The van der Waals surface area contributed by atoms with E-state index in [9.17, 15) is 9.59 Å². The standard InChI is InChI=1S/C17H25N3O2/c1-17(2)13-10-12(6-7-14(13)20(5)16(17)22)11-15(21)18-8-9-19(3)4/h6-7,10H,8-9,11H2,1-5H3,(H,18,21). The fraction of sp³-hybridized carbons (Fsp3) is 0.529. The normalized spacial score (nSPS) is 16.1. The van der Waals surface area contributed by atoms with Gasteiger partial charge in [-0.05, 0) is 45.1 Å². The molecule has 2 amide bonds. The van der Waals surface area contributed by atoms with Crippen molar-refractivity contribution < 1.29 is 9.59 Å². The lowest BCUT2D eigenvalue weighted by Crippen LogP contribution is -2.33. The van der Waals surface area contributed by atoms with Gasteiger partial charge in [-0.25, -0.2) is 0 Å². The molecule has 5 nitrogen and oxygen atoms in total. The number of likely N-dealkylation sites (N-methyl/N-ethyl adjacent to an activating group) is 2. The molecule has 0 fully saturated rings. The summed E-state index contributed by atoms with van der Waals surface area (Å²) in [5, 5.41) is 2.91. The van der Waals surface area contributed by atoms with Gasteiger partial charge in [0.05, 0.1) is 11.8 Å². The molecule has 0 saturated heterocycles. The number of hydrogen-bond acceptors (Lipinski definition) is 3. The zero-order valence-electron chi connectivity index (χ0n) is 14.1. The average molecular weight is 303 g/mol. The maximum atomic E-state index is 12.3. The molecule has 0 unspecified atom stereocenters. The molecule has 0 bridgehead atoms. The van der Waals surface area contributed by atoms with Crippen LogP contribution in [0.1, 0.15) is 25.0 Å². The van der Waals surface area contributed by atoms with Crippen molar-refractivity contribution in [2.75, 3.05) is 39.1 Å². The molecule has 1 N–H and O–H groups in total. The largest absolute Gasteiger partial charge is 0.355 e. The minimum absolute atomic E-state index is 0.0114. The maximum Gasteiger partial charge on any atom is 0.236 e. The Labute approximate surface area is 132 Å². The molecular weight excluding hydrogens is 278 g/mol. The number of nitrogens with zero attached hydrogens (tertiary/aromatic N) is 2. The molecule has 2 rings (SSSR count). The first-order valence-electron chi connectivity index (χ1n) is 7.56. The topological polar surface area (TPSA) is 52.7 Å². The van der Waals surface area contributed by atoms with Gasteiger partial charge in [0.15, 0.2) is 0 Å². The van der Waals surface area contributed by atoms with Crippen LogP contribution in [0.4, 0.5) is 5.69 Å². The number of amides is 2. The predicted molar refractivity (Wildman–Crippen MR) is 88.1 cm³/mol. The molecule has 22 heavy (non-hydrogen) atoms. The summed E-state index contributed by atoms with van der Waals surface area (Å²) >= 11 is 0. The van der Waals surface area contributed by atoms with E-state index in [0.717, 1.165) is 23.4 Å². The van der Waals surface area contributed by atoms with Gasteiger partial charge in [0.25, 0.3) is 0 Å². The summed E-state index contributed by atoms with van der Waals surface area (Å²) in [6.45, 7) is 5.32. The van der Waals surface area contributed by atoms with Crippen molar-refractivity contribution in [3.8, 4) is 0 Å². The lowest BCUT2D eigenvalue weighted by Gasteiger charge is -2.16. The highest BCUT2D eigenvalue weighted by molar-refractivity contribution is 6.07. The zero-order valence-corrected chi connectivity index (χ0v) is 14.1. The number of fused-ring (bicyclic) bond motifs is 1. The van der Waals surface area contributed by atoms with Crippen molar-refractivity contribution in [1.82, 2.24) is 10.2 Å². The van der Waals surface area contributed by atoms with E-state index in [4.69, 9.17) is 0 Å². The molecule has 0 atom stereocenters. The van der Waals surface area contributed by atoms with Crippen molar-refractivity contribution in [2.24, 2.45) is 0 Å². The van der Waals surface area contributed by atoms with Crippen LogP contribution in [0.5, 0.6) is 0 Å². The summed E-state index contributed by atoms with van der Waals surface area (Å²) in [5.41, 5.74) is 2.35. The van der Waals surface area contributed by atoms with Gasteiger partial charge >= 0.3 is 0 Å². The third kappa shape index (κ3) is 3.14. The molecule has 0 saturated carbocycles. The molecule has 0 aliphatic carbocycles. The Morgan fingerprint density at radius 3 is 2.64 bits per heavy atom. The van der Waals surface area contributed by atoms with Crippen molar-refractivity contribution in [2.45, 2.75) is 25.7 Å². The van der Waals surface area contributed by atoms with Crippen LogP contribution in [0.3, 0.4) is 0 Å². The Kier molecular flexibility index (Phi) is 4.56. The number of carbonyl (C=O) groups is 2. The van der Waals surface area contributed by atoms with Crippen LogP contribution < -0.4 is 10.2 Å². The number of nitrogens with one attached hydrogen (secondary N) is 1. The van der Waals surface area contributed by atoms with Crippen molar-refractivity contribution in [3.05, 3.63) is 29.3 Å². The van der Waals surface area contributed by atoms with Crippen LogP contribution >= 0.6 is 0 Å². The minimum atomic E-state index is -0.526. The van der Waals surface area contributed by atoms with Gasteiger partial charge in [-0.15, -0.1) is 0 Å². The van der Waals surface area contributed by atoms with Gasteiger partial charge < -0.3 is 15.1 Å². The highest BCUT2D eigenvalue weighted by atomic mass is 16.2. The molecule has 120 valence electrons. The van der Waals surface area contributed by atoms with Crippen LogP contribution in [0.25, 0.3) is 0 Å². The molecule has 5 heteroatoms. The first kappa shape index (κ1) is 16.5. The lowest BCUT2D eigenvalue weighted by atomic mass is 9.85. The van der Waals surface area contributed by atoms with Crippen molar-refractivity contribution in [3.63, 3.8) is 0 Å². The smallest absolute Gasteiger partial charge is 0.236 e. The summed E-state index contributed by atoms with van der Waals surface area (Å²) < 4.78 is 0.